The third-order valence-electron chi connectivity index (χ3n) is 8.66. The number of hydrogen-bond donors (Lipinski definition) is 0. The molecule has 212 valence electrons. The first kappa shape index (κ1) is 35.0. The minimum absolute atomic E-state index is 0.432. The van der Waals surface area contributed by atoms with Crippen LogP contribution in [-0.4, -0.2) is 23.5 Å². The van der Waals surface area contributed by atoms with Gasteiger partial charge in [-0.1, -0.05) is 182 Å². The van der Waals surface area contributed by atoms with E-state index >= 15 is 0 Å². The van der Waals surface area contributed by atoms with Gasteiger partial charge in [-0.15, -0.1) is 0 Å². The molecule has 0 saturated carbocycles. The van der Waals surface area contributed by atoms with Gasteiger partial charge in [-0.2, -0.15) is 0 Å². The minimum Gasteiger partial charge on any atom is -0.298 e. The highest BCUT2D eigenvalue weighted by Crippen LogP contribution is 2.29. The van der Waals surface area contributed by atoms with Gasteiger partial charge in [0, 0.05) is 5.54 Å². The molecule has 1 nitrogen and oxygen atoms in total. The molecule has 0 fully saturated rings. The Morgan fingerprint density at radius 1 is 0.343 bits per heavy atom. The van der Waals surface area contributed by atoms with Crippen LogP contribution in [0.25, 0.3) is 0 Å². The van der Waals surface area contributed by atoms with Crippen LogP contribution in [0.5, 0.6) is 0 Å². The summed E-state index contributed by atoms with van der Waals surface area (Å²) in [6.07, 6.45) is 37.7. The SMILES string of the molecule is CCCCCCCCCCCCCCCCCCC(C)(CCCCCCCCCC)N(CC)CC. The predicted molar refractivity (Wildman–Crippen MR) is 163 cm³/mol. The Labute approximate surface area is 225 Å². The zero-order valence-electron chi connectivity index (χ0n) is 25.7. The van der Waals surface area contributed by atoms with Crippen molar-refractivity contribution in [2.45, 2.75) is 207 Å². The molecule has 0 aromatic rings. The maximum absolute atomic E-state index is 2.76. The number of hydrogen-bond acceptors (Lipinski definition) is 1. The molecule has 0 aliphatic rings. The van der Waals surface area contributed by atoms with Crippen molar-refractivity contribution in [2.24, 2.45) is 0 Å². The van der Waals surface area contributed by atoms with Crippen molar-refractivity contribution >= 4 is 0 Å². The molecule has 1 unspecified atom stereocenters. The molecule has 0 N–H and O–H groups in total. The van der Waals surface area contributed by atoms with Gasteiger partial charge >= 0.3 is 0 Å². The first-order chi connectivity index (χ1) is 17.1. The molecule has 0 rings (SSSR count). The lowest BCUT2D eigenvalue weighted by Gasteiger charge is -2.41. The molecule has 35 heavy (non-hydrogen) atoms. The van der Waals surface area contributed by atoms with Crippen LogP contribution >= 0.6 is 0 Å². The first-order valence-electron chi connectivity index (χ1n) is 16.9. The van der Waals surface area contributed by atoms with Gasteiger partial charge in [-0.25, -0.2) is 0 Å². The summed E-state index contributed by atoms with van der Waals surface area (Å²) in [5.41, 5.74) is 0.432. The monoisotopic (exact) mass is 494 g/mol. The molecule has 0 bridgehead atoms. The van der Waals surface area contributed by atoms with E-state index in [0.29, 0.717) is 5.54 Å². The number of nitrogens with zero attached hydrogens (tertiary/aromatic N) is 1. The standard InChI is InChI=1S/C34H71N/c1-6-10-12-14-16-18-19-20-21-22-23-24-25-27-29-31-33-34(5,35(8-3)9-4)32-30-28-26-17-15-13-11-7-2/h6-33H2,1-5H3. The predicted octanol–water partition coefficient (Wildman–Crippen LogP) is 12.3. The van der Waals surface area contributed by atoms with Crippen LogP contribution in [0.3, 0.4) is 0 Å². The van der Waals surface area contributed by atoms with Gasteiger partial charge in [0.25, 0.3) is 0 Å². The van der Waals surface area contributed by atoms with Gasteiger partial charge in [0.2, 0.25) is 0 Å². The summed E-state index contributed by atoms with van der Waals surface area (Å²) in [5.74, 6) is 0. The van der Waals surface area contributed by atoms with E-state index in [1.165, 1.54) is 180 Å². The molecule has 0 aromatic carbocycles. The second-order valence-corrected chi connectivity index (χ2v) is 11.9. The highest BCUT2D eigenvalue weighted by atomic mass is 15.2. The summed E-state index contributed by atoms with van der Waals surface area (Å²) in [6.45, 7) is 14.3. The number of unbranched alkanes of at least 4 members (excludes halogenated alkanes) is 22. The Morgan fingerprint density at radius 3 is 0.800 bits per heavy atom. The molecule has 0 saturated heterocycles. The van der Waals surface area contributed by atoms with E-state index in [4.69, 9.17) is 0 Å². The fourth-order valence-corrected chi connectivity index (χ4v) is 6.12. The van der Waals surface area contributed by atoms with Crippen LogP contribution in [0.15, 0.2) is 0 Å². The normalized spacial score (nSPS) is 13.5. The fourth-order valence-electron chi connectivity index (χ4n) is 6.12. The highest BCUT2D eigenvalue weighted by molar-refractivity contribution is 4.85. The maximum atomic E-state index is 2.76. The molecule has 0 spiro atoms. The average molecular weight is 494 g/mol. The minimum atomic E-state index is 0.432. The summed E-state index contributed by atoms with van der Waals surface area (Å²) in [4.78, 5) is 2.76. The van der Waals surface area contributed by atoms with Gasteiger partial charge in [0.1, 0.15) is 0 Å². The van der Waals surface area contributed by atoms with Crippen LogP contribution in [0.1, 0.15) is 202 Å². The molecule has 0 aliphatic heterocycles. The zero-order valence-corrected chi connectivity index (χ0v) is 25.7. The third-order valence-corrected chi connectivity index (χ3v) is 8.66. The van der Waals surface area contributed by atoms with Crippen LogP contribution in [0.2, 0.25) is 0 Å². The van der Waals surface area contributed by atoms with Crippen LogP contribution in [0, 0.1) is 0 Å². The topological polar surface area (TPSA) is 3.24 Å². The molecule has 0 radical (unpaired) electrons. The maximum Gasteiger partial charge on any atom is 0.0181 e. The van der Waals surface area contributed by atoms with Crippen molar-refractivity contribution in [1.29, 1.82) is 0 Å². The summed E-state index contributed by atoms with van der Waals surface area (Å²) in [5, 5.41) is 0. The van der Waals surface area contributed by atoms with Gasteiger partial charge in [0.15, 0.2) is 0 Å². The molecular weight excluding hydrogens is 422 g/mol. The quantitative estimate of drug-likeness (QED) is 0.0936. The average Bonchev–Trinajstić information content (AvgIpc) is 2.86. The van der Waals surface area contributed by atoms with Crippen molar-refractivity contribution in [3.63, 3.8) is 0 Å². The summed E-state index contributed by atoms with van der Waals surface area (Å²) < 4.78 is 0. The van der Waals surface area contributed by atoms with Crippen molar-refractivity contribution in [2.75, 3.05) is 13.1 Å². The molecule has 1 atom stereocenters. The van der Waals surface area contributed by atoms with Gasteiger partial charge in [-0.05, 0) is 32.9 Å². The molecule has 0 amide bonds. The van der Waals surface area contributed by atoms with E-state index in [0.717, 1.165) is 0 Å². The summed E-state index contributed by atoms with van der Waals surface area (Å²) in [7, 11) is 0. The Hall–Kier alpha value is -0.0400. The van der Waals surface area contributed by atoms with Gasteiger partial charge in [0.05, 0.1) is 0 Å². The van der Waals surface area contributed by atoms with Crippen molar-refractivity contribution in [3.05, 3.63) is 0 Å². The van der Waals surface area contributed by atoms with E-state index in [1.807, 2.05) is 0 Å². The van der Waals surface area contributed by atoms with Crippen molar-refractivity contribution < 1.29 is 0 Å². The Balaban J connectivity index is 3.76. The lowest BCUT2D eigenvalue weighted by atomic mass is 9.86. The fraction of sp³-hybridized carbons (Fsp3) is 1.00. The summed E-state index contributed by atoms with van der Waals surface area (Å²) >= 11 is 0. The Morgan fingerprint density at radius 2 is 0.571 bits per heavy atom. The molecule has 1 heteroatoms. The lowest BCUT2D eigenvalue weighted by molar-refractivity contribution is 0.0914. The molecule has 0 aromatic heterocycles. The lowest BCUT2D eigenvalue weighted by Crippen LogP contribution is -2.46. The van der Waals surface area contributed by atoms with Crippen LogP contribution in [-0.2, 0) is 0 Å². The van der Waals surface area contributed by atoms with Crippen molar-refractivity contribution in [1.82, 2.24) is 4.90 Å². The first-order valence-corrected chi connectivity index (χ1v) is 16.9. The second-order valence-electron chi connectivity index (χ2n) is 11.9. The smallest absolute Gasteiger partial charge is 0.0181 e. The van der Waals surface area contributed by atoms with E-state index < -0.39 is 0 Å². The Kier molecular flexibility index (Phi) is 27.0. The van der Waals surface area contributed by atoms with Gasteiger partial charge in [-0.3, -0.25) is 4.90 Å². The second kappa shape index (κ2) is 27.0. The largest absolute Gasteiger partial charge is 0.298 e. The zero-order chi connectivity index (χ0) is 25.9. The van der Waals surface area contributed by atoms with E-state index in [-0.39, 0.29) is 0 Å². The Bertz CT molecular complexity index is 388. The molecule has 0 aliphatic carbocycles. The molecule has 0 heterocycles. The van der Waals surface area contributed by atoms with E-state index in [2.05, 4.69) is 39.5 Å². The van der Waals surface area contributed by atoms with Crippen molar-refractivity contribution in [3.8, 4) is 0 Å². The summed E-state index contributed by atoms with van der Waals surface area (Å²) in [6, 6.07) is 0. The van der Waals surface area contributed by atoms with Crippen LogP contribution in [0.4, 0.5) is 0 Å². The van der Waals surface area contributed by atoms with E-state index in [9.17, 15) is 0 Å². The van der Waals surface area contributed by atoms with Crippen LogP contribution < -0.4 is 0 Å². The highest BCUT2D eigenvalue weighted by Gasteiger charge is 2.28. The molecular formula is C34H71N. The third kappa shape index (κ3) is 21.7. The number of rotatable bonds is 29. The van der Waals surface area contributed by atoms with E-state index in [1.54, 1.807) is 0 Å². The van der Waals surface area contributed by atoms with Gasteiger partial charge < -0.3 is 0 Å².